The second kappa shape index (κ2) is 7.31. The normalized spacial score (nSPS) is 21.2. The van der Waals surface area contributed by atoms with Crippen LogP contribution >= 0.6 is 0 Å². The lowest BCUT2D eigenvalue weighted by atomic mass is 9.77. The molecule has 1 aromatic carbocycles. The lowest BCUT2D eigenvalue weighted by molar-refractivity contribution is 0.239. The number of benzene rings is 1. The maximum absolute atomic E-state index is 5.37. The summed E-state index contributed by atoms with van der Waals surface area (Å²) in [6, 6.07) is 9.46. The standard InChI is InChI=1S/C19H29NO/c1-21-19-9-5-6-15(13-19)12-17(14-20-18-10-11-18)16-7-3-2-4-8-16/h5-6,9,13,16-18,20H,2-4,7-8,10-12,14H2,1H3. The van der Waals surface area contributed by atoms with Crippen LogP contribution in [0.5, 0.6) is 5.75 Å². The highest BCUT2D eigenvalue weighted by Gasteiger charge is 2.27. The lowest BCUT2D eigenvalue weighted by Crippen LogP contribution is -2.32. The van der Waals surface area contributed by atoms with Crippen LogP contribution in [0.2, 0.25) is 0 Å². The molecule has 116 valence electrons. The highest BCUT2D eigenvalue weighted by Crippen LogP contribution is 2.33. The first-order chi connectivity index (χ1) is 10.3. The van der Waals surface area contributed by atoms with Crippen LogP contribution in [0.3, 0.4) is 0 Å². The average molecular weight is 287 g/mol. The molecule has 1 unspecified atom stereocenters. The molecule has 0 bridgehead atoms. The minimum absolute atomic E-state index is 0.790. The van der Waals surface area contributed by atoms with Crippen LogP contribution in [-0.2, 0) is 6.42 Å². The largest absolute Gasteiger partial charge is 0.497 e. The Morgan fingerprint density at radius 3 is 2.67 bits per heavy atom. The predicted octanol–water partition coefficient (Wildman–Crippen LogP) is 4.19. The van der Waals surface area contributed by atoms with Gasteiger partial charge < -0.3 is 10.1 Å². The number of hydrogen-bond donors (Lipinski definition) is 1. The van der Waals surface area contributed by atoms with E-state index in [9.17, 15) is 0 Å². The molecule has 1 aromatic rings. The highest BCUT2D eigenvalue weighted by atomic mass is 16.5. The minimum Gasteiger partial charge on any atom is -0.497 e. The Morgan fingerprint density at radius 2 is 1.95 bits per heavy atom. The van der Waals surface area contributed by atoms with Gasteiger partial charge in [0.2, 0.25) is 0 Å². The molecule has 0 aliphatic heterocycles. The third kappa shape index (κ3) is 4.47. The van der Waals surface area contributed by atoms with Crippen molar-refractivity contribution in [2.45, 2.75) is 57.4 Å². The maximum atomic E-state index is 5.37. The van der Waals surface area contributed by atoms with Gasteiger partial charge in [0, 0.05) is 6.04 Å². The first kappa shape index (κ1) is 14.9. The van der Waals surface area contributed by atoms with Crippen molar-refractivity contribution in [3.05, 3.63) is 29.8 Å². The van der Waals surface area contributed by atoms with E-state index in [1.807, 2.05) is 6.07 Å². The van der Waals surface area contributed by atoms with Gasteiger partial charge >= 0.3 is 0 Å². The van der Waals surface area contributed by atoms with E-state index in [0.717, 1.165) is 23.6 Å². The molecule has 2 fully saturated rings. The molecule has 0 saturated heterocycles. The predicted molar refractivity (Wildman–Crippen MR) is 87.8 cm³/mol. The Hall–Kier alpha value is -1.02. The van der Waals surface area contributed by atoms with Crippen molar-refractivity contribution in [2.24, 2.45) is 11.8 Å². The quantitative estimate of drug-likeness (QED) is 0.812. The SMILES string of the molecule is COc1cccc(CC(CNC2CC2)C2CCCCC2)c1. The summed E-state index contributed by atoms with van der Waals surface area (Å²) < 4.78 is 5.37. The van der Waals surface area contributed by atoms with Gasteiger partial charge in [-0.3, -0.25) is 0 Å². The number of rotatable bonds is 7. The summed E-state index contributed by atoms with van der Waals surface area (Å²) in [6.07, 6.45) is 11.1. The van der Waals surface area contributed by atoms with E-state index < -0.39 is 0 Å². The Balaban J connectivity index is 1.63. The van der Waals surface area contributed by atoms with Crippen LogP contribution in [0.1, 0.15) is 50.5 Å². The van der Waals surface area contributed by atoms with Crippen molar-refractivity contribution >= 4 is 0 Å². The van der Waals surface area contributed by atoms with Crippen molar-refractivity contribution < 1.29 is 4.74 Å². The summed E-state index contributed by atoms with van der Waals surface area (Å²) in [4.78, 5) is 0. The molecule has 0 heterocycles. The smallest absolute Gasteiger partial charge is 0.119 e. The number of ether oxygens (including phenoxy) is 1. The van der Waals surface area contributed by atoms with Crippen molar-refractivity contribution in [1.82, 2.24) is 5.32 Å². The number of hydrogen-bond acceptors (Lipinski definition) is 2. The third-order valence-corrected chi connectivity index (χ3v) is 5.19. The van der Waals surface area contributed by atoms with Gasteiger partial charge in [0.25, 0.3) is 0 Å². The lowest BCUT2D eigenvalue weighted by Gasteiger charge is -2.31. The van der Waals surface area contributed by atoms with Crippen molar-refractivity contribution in [2.75, 3.05) is 13.7 Å². The van der Waals surface area contributed by atoms with E-state index in [-0.39, 0.29) is 0 Å². The summed E-state index contributed by atoms with van der Waals surface area (Å²) in [5.41, 5.74) is 1.43. The zero-order valence-corrected chi connectivity index (χ0v) is 13.3. The number of nitrogens with one attached hydrogen (secondary N) is 1. The first-order valence-electron chi connectivity index (χ1n) is 8.71. The summed E-state index contributed by atoms with van der Waals surface area (Å²) in [5, 5.41) is 3.77. The van der Waals surface area contributed by atoms with Gasteiger partial charge in [-0.15, -0.1) is 0 Å². The Morgan fingerprint density at radius 1 is 1.14 bits per heavy atom. The Kier molecular flexibility index (Phi) is 5.18. The van der Waals surface area contributed by atoms with Crippen LogP contribution in [0.15, 0.2) is 24.3 Å². The zero-order valence-electron chi connectivity index (χ0n) is 13.3. The van der Waals surface area contributed by atoms with E-state index in [2.05, 4.69) is 23.5 Å². The molecule has 2 saturated carbocycles. The molecule has 1 atom stereocenters. The van der Waals surface area contributed by atoms with Gasteiger partial charge in [-0.25, -0.2) is 0 Å². The van der Waals surface area contributed by atoms with Crippen LogP contribution in [0, 0.1) is 11.8 Å². The van der Waals surface area contributed by atoms with Gasteiger partial charge in [-0.2, -0.15) is 0 Å². The monoisotopic (exact) mass is 287 g/mol. The van der Waals surface area contributed by atoms with E-state index in [1.54, 1.807) is 7.11 Å². The Bertz CT molecular complexity index is 435. The van der Waals surface area contributed by atoms with E-state index in [0.29, 0.717) is 0 Å². The molecular weight excluding hydrogens is 258 g/mol. The second-order valence-electron chi connectivity index (χ2n) is 6.90. The summed E-state index contributed by atoms with van der Waals surface area (Å²) in [5.74, 6) is 2.69. The van der Waals surface area contributed by atoms with Crippen molar-refractivity contribution in [1.29, 1.82) is 0 Å². The van der Waals surface area contributed by atoms with Gasteiger partial charge in [0.15, 0.2) is 0 Å². The second-order valence-corrected chi connectivity index (χ2v) is 6.90. The number of methoxy groups -OCH3 is 1. The average Bonchev–Trinajstić information content (AvgIpc) is 3.37. The van der Waals surface area contributed by atoms with Crippen molar-refractivity contribution in [3.63, 3.8) is 0 Å². The maximum Gasteiger partial charge on any atom is 0.119 e. The summed E-state index contributed by atoms with van der Waals surface area (Å²) >= 11 is 0. The van der Waals surface area contributed by atoms with E-state index >= 15 is 0 Å². The molecule has 0 amide bonds. The highest BCUT2D eigenvalue weighted by molar-refractivity contribution is 5.28. The van der Waals surface area contributed by atoms with E-state index in [4.69, 9.17) is 4.74 Å². The Labute approximate surface area is 129 Å². The molecule has 2 nitrogen and oxygen atoms in total. The molecule has 2 aliphatic rings. The first-order valence-corrected chi connectivity index (χ1v) is 8.71. The summed E-state index contributed by atoms with van der Waals surface area (Å²) in [6.45, 7) is 1.20. The fraction of sp³-hybridized carbons (Fsp3) is 0.684. The van der Waals surface area contributed by atoms with Crippen LogP contribution in [-0.4, -0.2) is 19.7 Å². The van der Waals surface area contributed by atoms with Crippen molar-refractivity contribution in [3.8, 4) is 5.75 Å². The molecule has 1 N–H and O–H groups in total. The summed E-state index contributed by atoms with van der Waals surface area (Å²) in [7, 11) is 1.76. The molecular formula is C19H29NO. The van der Waals surface area contributed by atoms with Crippen LogP contribution in [0.25, 0.3) is 0 Å². The minimum atomic E-state index is 0.790. The molecule has 2 heteroatoms. The zero-order chi connectivity index (χ0) is 14.5. The van der Waals surface area contributed by atoms with Gasteiger partial charge in [-0.05, 0) is 55.3 Å². The van der Waals surface area contributed by atoms with Crippen LogP contribution in [0.4, 0.5) is 0 Å². The van der Waals surface area contributed by atoms with Crippen LogP contribution < -0.4 is 10.1 Å². The molecule has 0 aromatic heterocycles. The van der Waals surface area contributed by atoms with Gasteiger partial charge in [0.1, 0.15) is 5.75 Å². The van der Waals surface area contributed by atoms with Gasteiger partial charge in [-0.1, -0.05) is 44.2 Å². The molecule has 0 spiro atoms. The van der Waals surface area contributed by atoms with Gasteiger partial charge in [0.05, 0.1) is 7.11 Å². The molecule has 3 rings (SSSR count). The fourth-order valence-electron chi connectivity index (χ4n) is 3.72. The topological polar surface area (TPSA) is 21.3 Å². The van der Waals surface area contributed by atoms with E-state index in [1.165, 1.54) is 63.5 Å². The third-order valence-electron chi connectivity index (χ3n) is 5.19. The molecule has 21 heavy (non-hydrogen) atoms. The molecule has 0 radical (unpaired) electrons. The molecule has 2 aliphatic carbocycles. The fourth-order valence-corrected chi connectivity index (χ4v) is 3.72.